The summed E-state index contributed by atoms with van der Waals surface area (Å²) in [5.41, 5.74) is 3.71. The summed E-state index contributed by atoms with van der Waals surface area (Å²) < 4.78 is 5.75. The number of hydrogen-bond donors (Lipinski definition) is 1. The summed E-state index contributed by atoms with van der Waals surface area (Å²) in [4.78, 5) is 12.4. The van der Waals surface area contributed by atoms with Crippen molar-refractivity contribution >= 4 is 5.91 Å². The largest absolute Gasteiger partial charge is 0.480 e. The summed E-state index contributed by atoms with van der Waals surface area (Å²) >= 11 is 0. The lowest BCUT2D eigenvalue weighted by Gasteiger charge is -2.17. The summed E-state index contributed by atoms with van der Waals surface area (Å²) in [6.07, 6.45) is 2.28. The van der Waals surface area contributed by atoms with Crippen LogP contribution in [-0.2, 0) is 17.6 Å². The first-order valence-electron chi connectivity index (χ1n) is 7.44. The van der Waals surface area contributed by atoms with Crippen molar-refractivity contribution in [2.24, 2.45) is 0 Å². The van der Waals surface area contributed by atoms with Crippen molar-refractivity contribution in [2.75, 3.05) is 0 Å². The van der Waals surface area contributed by atoms with Gasteiger partial charge in [-0.05, 0) is 35.6 Å². The Hall–Kier alpha value is -2.29. The average molecular weight is 279 g/mol. The third kappa shape index (κ3) is 2.19. The fourth-order valence-electron chi connectivity index (χ4n) is 3.30. The van der Waals surface area contributed by atoms with Gasteiger partial charge in [-0.2, -0.15) is 0 Å². The maximum absolute atomic E-state index is 12.4. The summed E-state index contributed by atoms with van der Waals surface area (Å²) in [7, 11) is 0. The summed E-state index contributed by atoms with van der Waals surface area (Å²) in [6.45, 7) is 0. The van der Waals surface area contributed by atoms with Crippen LogP contribution >= 0.6 is 0 Å². The smallest absolute Gasteiger partial charge is 0.261 e. The van der Waals surface area contributed by atoms with Crippen molar-refractivity contribution < 1.29 is 9.53 Å². The highest BCUT2D eigenvalue weighted by Crippen LogP contribution is 2.32. The molecule has 3 heteroatoms. The molecule has 0 radical (unpaired) electrons. The third-order valence-electron chi connectivity index (χ3n) is 4.39. The van der Waals surface area contributed by atoms with Crippen LogP contribution in [0.2, 0.25) is 0 Å². The molecule has 1 aliphatic heterocycles. The number of amides is 1. The van der Waals surface area contributed by atoms with E-state index in [0.29, 0.717) is 6.42 Å². The zero-order chi connectivity index (χ0) is 14.2. The second kappa shape index (κ2) is 4.92. The van der Waals surface area contributed by atoms with Gasteiger partial charge in [0.25, 0.3) is 5.91 Å². The second-order valence-corrected chi connectivity index (χ2v) is 5.72. The van der Waals surface area contributed by atoms with Gasteiger partial charge in [-0.15, -0.1) is 0 Å². The molecule has 2 aromatic rings. The molecule has 1 aliphatic carbocycles. The van der Waals surface area contributed by atoms with E-state index >= 15 is 0 Å². The van der Waals surface area contributed by atoms with Gasteiger partial charge < -0.3 is 10.1 Å². The minimum atomic E-state index is -0.393. The minimum absolute atomic E-state index is 0.00657. The highest BCUT2D eigenvalue weighted by atomic mass is 16.5. The molecule has 3 nitrogen and oxygen atoms in total. The first kappa shape index (κ1) is 12.5. The fourth-order valence-corrected chi connectivity index (χ4v) is 3.30. The van der Waals surface area contributed by atoms with E-state index in [4.69, 9.17) is 4.74 Å². The standard InChI is InChI=1S/C18H17NO2/c20-18(17-11-13-6-2-4-8-16(13)21-17)19-15-10-9-12-5-1-3-7-14(12)15/h1-8,15,17H,9-11H2,(H,19,20)/t15-,17+/m0/s1. The molecular weight excluding hydrogens is 262 g/mol. The first-order valence-corrected chi connectivity index (χ1v) is 7.44. The lowest BCUT2D eigenvalue weighted by Crippen LogP contribution is -2.39. The van der Waals surface area contributed by atoms with Gasteiger partial charge in [0.15, 0.2) is 6.10 Å². The van der Waals surface area contributed by atoms with E-state index in [2.05, 4.69) is 23.5 Å². The van der Waals surface area contributed by atoms with E-state index in [0.717, 1.165) is 24.2 Å². The van der Waals surface area contributed by atoms with Crippen molar-refractivity contribution in [3.63, 3.8) is 0 Å². The van der Waals surface area contributed by atoms with Crippen LogP contribution < -0.4 is 10.1 Å². The van der Waals surface area contributed by atoms with Crippen LogP contribution in [0.25, 0.3) is 0 Å². The number of aryl methyl sites for hydroxylation is 1. The normalized spacial score (nSPS) is 22.3. The number of rotatable bonds is 2. The molecule has 0 saturated carbocycles. The maximum Gasteiger partial charge on any atom is 0.261 e. The molecule has 2 aromatic carbocycles. The number of nitrogens with one attached hydrogen (secondary N) is 1. The number of fused-ring (bicyclic) bond motifs is 2. The zero-order valence-corrected chi connectivity index (χ0v) is 11.7. The third-order valence-corrected chi connectivity index (χ3v) is 4.39. The molecule has 4 rings (SSSR count). The first-order chi connectivity index (χ1) is 10.3. The van der Waals surface area contributed by atoms with Crippen LogP contribution in [0.15, 0.2) is 48.5 Å². The van der Waals surface area contributed by atoms with Gasteiger partial charge in [-0.3, -0.25) is 4.79 Å². The van der Waals surface area contributed by atoms with Crippen LogP contribution in [0.4, 0.5) is 0 Å². The van der Waals surface area contributed by atoms with Crippen LogP contribution in [0.1, 0.15) is 29.2 Å². The number of para-hydroxylation sites is 1. The maximum atomic E-state index is 12.4. The van der Waals surface area contributed by atoms with Crippen LogP contribution in [0.5, 0.6) is 5.75 Å². The molecule has 1 amide bonds. The van der Waals surface area contributed by atoms with E-state index in [9.17, 15) is 4.79 Å². The van der Waals surface area contributed by atoms with Gasteiger partial charge in [0, 0.05) is 6.42 Å². The van der Waals surface area contributed by atoms with Crippen LogP contribution in [-0.4, -0.2) is 12.0 Å². The van der Waals surface area contributed by atoms with E-state index < -0.39 is 6.10 Å². The molecule has 0 unspecified atom stereocenters. The average Bonchev–Trinajstić information content (AvgIpc) is 3.11. The Labute approximate surface area is 123 Å². The lowest BCUT2D eigenvalue weighted by molar-refractivity contribution is -0.128. The fraction of sp³-hybridized carbons (Fsp3) is 0.278. The van der Waals surface area contributed by atoms with E-state index in [1.165, 1.54) is 11.1 Å². The van der Waals surface area contributed by atoms with Gasteiger partial charge in [0.05, 0.1) is 6.04 Å². The number of benzene rings is 2. The molecular formula is C18H17NO2. The predicted molar refractivity (Wildman–Crippen MR) is 80.2 cm³/mol. The van der Waals surface area contributed by atoms with Crippen molar-refractivity contribution in [1.29, 1.82) is 0 Å². The molecule has 1 N–H and O–H groups in total. The number of carbonyl (C=O) groups is 1. The van der Waals surface area contributed by atoms with E-state index in [1.807, 2.05) is 30.3 Å². The molecule has 1 heterocycles. The van der Waals surface area contributed by atoms with Gasteiger partial charge in [-0.25, -0.2) is 0 Å². The van der Waals surface area contributed by atoms with Gasteiger partial charge >= 0.3 is 0 Å². The van der Waals surface area contributed by atoms with Crippen LogP contribution in [0, 0.1) is 0 Å². The topological polar surface area (TPSA) is 38.3 Å². The molecule has 0 saturated heterocycles. The molecule has 0 bridgehead atoms. The molecule has 106 valence electrons. The molecule has 0 aromatic heterocycles. The highest BCUT2D eigenvalue weighted by Gasteiger charge is 2.31. The van der Waals surface area contributed by atoms with Crippen molar-refractivity contribution in [3.8, 4) is 5.75 Å². The van der Waals surface area contributed by atoms with Crippen molar-refractivity contribution in [2.45, 2.75) is 31.4 Å². The molecule has 0 fully saturated rings. The lowest BCUT2D eigenvalue weighted by atomic mass is 10.1. The quantitative estimate of drug-likeness (QED) is 0.918. The Balaban J connectivity index is 1.47. The van der Waals surface area contributed by atoms with Crippen molar-refractivity contribution in [3.05, 3.63) is 65.2 Å². The monoisotopic (exact) mass is 279 g/mol. The Kier molecular flexibility index (Phi) is 2.92. The van der Waals surface area contributed by atoms with E-state index in [-0.39, 0.29) is 11.9 Å². The Bertz CT molecular complexity index is 670. The Morgan fingerprint density at radius 3 is 2.67 bits per heavy atom. The molecule has 2 atom stereocenters. The van der Waals surface area contributed by atoms with Crippen molar-refractivity contribution in [1.82, 2.24) is 5.32 Å². The minimum Gasteiger partial charge on any atom is -0.480 e. The second-order valence-electron chi connectivity index (χ2n) is 5.72. The zero-order valence-electron chi connectivity index (χ0n) is 11.7. The summed E-state index contributed by atoms with van der Waals surface area (Å²) in [6, 6.07) is 16.3. The van der Waals surface area contributed by atoms with E-state index in [1.54, 1.807) is 0 Å². The SMILES string of the molecule is O=C(N[C@H]1CCc2ccccc21)[C@H]1Cc2ccccc2O1. The Morgan fingerprint density at radius 2 is 1.81 bits per heavy atom. The number of hydrogen-bond acceptors (Lipinski definition) is 2. The van der Waals surface area contributed by atoms with Gasteiger partial charge in [0.2, 0.25) is 0 Å². The number of ether oxygens (including phenoxy) is 1. The Morgan fingerprint density at radius 1 is 1.05 bits per heavy atom. The molecule has 0 spiro atoms. The summed E-state index contributed by atoms with van der Waals surface area (Å²) in [5.74, 6) is 0.831. The molecule has 21 heavy (non-hydrogen) atoms. The summed E-state index contributed by atoms with van der Waals surface area (Å²) in [5, 5.41) is 3.15. The predicted octanol–water partition coefficient (Wildman–Crippen LogP) is 2.79. The highest BCUT2D eigenvalue weighted by molar-refractivity contribution is 5.83. The number of carbonyl (C=O) groups excluding carboxylic acids is 1. The van der Waals surface area contributed by atoms with Crippen LogP contribution in [0.3, 0.4) is 0 Å². The van der Waals surface area contributed by atoms with Gasteiger partial charge in [-0.1, -0.05) is 42.5 Å². The molecule has 2 aliphatic rings. The van der Waals surface area contributed by atoms with Gasteiger partial charge in [0.1, 0.15) is 5.75 Å².